The van der Waals surface area contributed by atoms with Crippen LogP contribution in [0.25, 0.3) is 0 Å². The van der Waals surface area contributed by atoms with Gasteiger partial charge in [0.2, 0.25) is 5.91 Å². The molecule has 0 bridgehead atoms. The van der Waals surface area contributed by atoms with E-state index in [-0.39, 0.29) is 5.91 Å². The van der Waals surface area contributed by atoms with E-state index < -0.39 is 17.0 Å². The van der Waals surface area contributed by atoms with Crippen molar-refractivity contribution in [2.45, 2.75) is 59.5 Å². The number of hydrogen-bond donors (Lipinski definition) is 1. The molecular formula is C26H34ClNO4. The van der Waals surface area contributed by atoms with E-state index in [2.05, 4.69) is 5.32 Å². The van der Waals surface area contributed by atoms with Gasteiger partial charge in [0, 0.05) is 17.0 Å². The Balaban J connectivity index is 1.80. The molecule has 0 aliphatic rings. The van der Waals surface area contributed by atoms with Crippen LogP contribution in [-0.4, -0.2) is 30.6 Å². The molecule has 0 saturated heterocycles. The van der Waals surface area contributed by atoms with Gasteiger partial charge in [-0.25, -0.2) is 4.79 Å². The van der Waals surface area contributed by atoms with Crippen LogP contribution in [0.4, 0.5) is 0 Å². The van der Waals surface area contributed by atoms with E-state index in [1.807, 2.05) is 62.4 Å². The SMILES string of the molecule is CCOC(=O)C(C)(C)Oc1ccc(CCNC(=O)C(C)(C)CCc2ccc(Cl)cc2)cc1. The Morgan fingerprint density at radius 3 is 2.06 bits per heavy atom. The van der Waals surface area contributed by atoms with Gasteiger partial charge < -0.3 is 14.8 Å². The summed E-state index contributed by atoms with van der Waals surface area (Å²) < 4.78 is 10.8. The summed E-state index contributed by atoms with van der Waals surface area (Å²) in [6, 6.07) is 15.3. The largest absolute Gasteiger partial charge is 0.476 e. The molecule has 1 amide bonds. The second-order valence-electron chi connectivity index (χ2n) is 8.99. The van der Waals surface area contributed by atoms with Gasteiger partial charge in [0.25, 0.3) is 0 Å². The second-order valence-corrected chi connectivity index (χ2v) is 9.43. The van der Waals surface area contributed by atoms with E-state index in [4.69, 9.17) is 21.1 Å². The highest BCUT2D eigenvalue weighted by molar-refractivity contribution is 6.30. The van der Waals surface area contributed by atoms with Crippen molar-refractivity contribution in [3.63, 3.8) is 0 Å². The molecule has 0 aromatic heterocycles. The maximum absolute atomic E-state index is 12.7. The lowest BCUT2D eigenvalue weighted by atomic mass is 9.85. The van der Waals surface area contributed by atoms with Crippen LogP contribution in [0.2, 0.25) is 5.02 Å². The predicted molar refractivity (Wildman–Crippen MR) is 128 cm³/mol. The number of hydrogen-bond acceptors (Lipinski definition) is 4. The van der Waals surface area contributed by atoms with Crippen molar-refractivity contribution in [2.75, 3.05) is 13.2 Å². The lowest BCUT2D eigenvalue weighted by Gasteiger charge is -2.24. The molecule has 0 aliphatic heterocycles. The highest BCUT2D eigenvalue weighted by atomic mass is 35.5. The first-order chi connectivity index (χ1) is 15.0. The molecule has 0 fully saturated rings. The summed E-state index contributed by atoms with van der Waals surface area (Å²) in [6.07, 6.45) is 2.28. The molecule has 5 nitrogen and oxygen atoms in total. The standard InChI is InChI=1S/C26H34ClNO4/c1-6-31-24(30)26(4,5)32-22-13-9-20(10-14-22)16-18-28-23(29)25(2,3)17-15-19-7-11-21(27)12-8-19/h7-14H,6,15-18H2,1-5H3,(H,28,29). The molecule has 0 radical (unpaired) electrons. The number of halogens is 1. The van der Waals surface area contributed by atoms with E-state index in [1.54, 1.807) is 20.8 Å². The van der Waals surface area contributed by atoms with Crippen molar-refractivity contribution >= 4 is 23.5 Å². The summed E-state index contributed by atoms with van der Waals surface area (Å²) in [5.74, 6) is 0.243. The Bertz CT molecular complexity index is 889. The number of carbonyl (C=O) groups excluding carboxylic acids is 2. The molecule has 0 aliphatic carbocycles. The van der Waals surface area contributed by atoms with Crippen LogP contribution < -0.4 is 10.1 Å². The van der Waals surface area contributed by atoms with Crippen LogP contribution in [0.5, 0.6) is 5.75 Å². The Morgan fingerprint density at radius 2 is 1.47 bits per heavy atom. The molecule has 0 heterocycles. The molecule has 1 N–H and O–H groups in total. The van der Waals surface area contributed by atoms with Gasteiger partial charge >= 0.3 is 5.97 Å². The molecule has 32 heavy (non-hydrogen) atoms. The summed E-state index contributed by atoms with van der Waals surface area (Å²) in [4.78, 5) is 24.6. The van der Waals surface area contributed by atoms with Gasteiger partial charge in [0.15, 0.2) is 5.60 Å². The summed E-state index contributed by atoms with van der Waals surface area (Å²) >= 11 is 5.93. The van der Waals surface area contributed by atoms with Gasteiger partial charge in [-0.1, -0.05) is 49.7 Å². The lowest BCUT2D eigenvalue weighted by Crippen LogP contribution is -2.39. The summed E-state index contributed by atoms with van der Waals surface area (Å²) in [6.45, 7) is 9.94. The van der Waals surface area contributed by atoms with E-state index >= 15 is 0 Å². The zero-order chi connectivity index (χ0) is 23.8. The Hall–Kier alpha value is -2.53. The zero-order valence-corrected chi connectivity index (χ0v) is 20.4. The predicted octanol–water partition coefficient (Wildman–Crippen LogP) is 5.38. The van der Waals surface area contributed by atoms with Crippen molar-refractivity contribution in [1.82, 2.24) is 5.32 Å². The number of esters is 1. The number of aryl methyl sites for hydroxylation is 1. The van der Waals surface area contributed by atoms with Crippen LogP contribution in [0.3, 0.4) is 0 Å². The molecule has 2 aromatic rings. The average Bonchev–Trinajstić information content (AvgIpc) is 2.74. The topological polar surface area (TPSA) is 64.6 Å². The molecule has 0 unspecified atom stereocenters. The fourth-order valence-corrected chi connectivity index (χ4v) is 3.27. The first kappa shape index (κ1) is 25.7. The van der Waals surface area contributed by atoms with Crippen molar-refractivity contribution in [1.29, 1.82) is 0 Å². The molecule has 2 aromatic carbocycles. The summed E-state index contributed by atoms with van der Waals surface area (Å²) in [7, 11) is 0. The number of nitrogens with one attached hydrogen (secondary N) is 1. The van der Waals surface area contributed by atoms with Crippen LogP contribution in [-0.2, 0) is 27.2 Å². The fraction of sp³-hybridized carbons (Fsp3) is 0.462. The van der Waals surface area contributed by atoms with Gasteiger partial charge in [-0.2, -0.15) is 0 Å². The third-order valence-electron chi connectivity index (χ3n) is 5.33. The van der Waals surface area contributed by atoms with E-state index in [9.17, 15) is 9.59 Å². The number of rotatable bonds is 11. The molecule has 0 spiro atoms. The van der Waals surface area contributed by atoms with Crippen molar-refractivity contribution in [3.05, 3.63) is 64.7 Å². The maximum Gasteiger partial charge on any atom is 0.349 e. The molecule has 0 atom stereocenters. The number of ether oxygens (including phenoxy) is 2. The first-order valence-corrected chi connectivity index (χ1v) is 11.4. The van der Waals surface area contributed by atoms with Gasteiger partial charge in [0.05, 0.1) is 6.61 Å². The first-order valence-electron chi connectivity index (χ1n) is 11.0. The van der Waals surface area contributed by atoms with Crippen LogP contribution >= 0.6 is 11.6 Å². The van der Waals surface area contributed by atoms with Gasteiger partial charge in [-0.05, 0) is 75.4 Å². The third kappa shape index (κ3) is 7.86. The Kier molecular flexibility index (Phi) is 9.14. The van der Waals surface area contributed by atoms with E-state index in [0.29, 0.717) is 30.3 Å². The highest BCUT2D eigenvalue weighted by Gasteiger charge is 2.31. The lowest BCUT2D eigenvalue weighted by molar-refractivity contribution is -0.158. The van der Waals surface area contributed by atoms with Gasteiger partial charge in [-0.15, -0.1) is 0 Å². The van der Waals surface area contributed by atoms with E-state index in [1.165, 1.54) is 5.56 Å². The van der Waals surface area contributed by atoms with Crippen molar-refractivity contribution in [2.24, 2.45) is 5.41 Å². The van der Waals surface area contributed by atoms with Crippen molar-refractivity contribution in [3.8, 4) is 5.75 Å². The maximum atomic E-state index is 12.7. The summed E-state index contributed by atoms with van der Waals surface area (Å²) in [5.41, 5.74) is 0.730. The number of benzene rings is 2. The minimum Gasteiger partial charge on any atom is -0.476 e. The molecule has 6 heteroatoms. The smallest absolute Gasteiger partial charge is 0.349 e. The monoisotopic (exact) mass is 459 g/mol. The fourth-order valence-electron chi connectivity index (χ4n) is 3.15. The van der Waals surface area contributed by atoms with Gasteiger partial charge in [-0.3, -0.25) is 4.79 Å². The molecular weight excluding hydrogens is 426 g/mol. The van der Waals surface area contributed by atoms with Crippen LogP contribution in [0, 0.1) is 5.41 Å². The minimum absolute atomic E-state index is 0.0441. The minimum atomic E-state index is -1.05. The second kappa shape index (κ2) is 11.4. The van der Waals surface area contributed by atoms with Crippen LogP contribution in [0.1, 0.15) is 52.2 Å². The van der Waals surface area contributed by atoms with Crippen molar-refractivity contribution < 1.29 is 19.1 Å². The van der Waals surface area contributed by atoms with E-state index in [0.717, 1.165) is 18.4 Å². The molecule has 2 rings (SSSR count). The van der Waals surface area contributed by atoms with Crippen LogP contribution in [0.15, 0.2) is 48.5 Å². The third-order valence-corrected chi connectivity index (χ3v) is 5.58. The number of amides is 1. The highest BCUT2D eigenvalue weighted by Crippen LogP contribution is 2.24. The number of carbonyl (C=O) groups is 2. The quantitative estimate of drug-likeness (QED) is 0.458. The normalized spacial score (nSPS) is 11.7. The average molecular weight is 460 g/mol. The Morgan fingerprint density at radius 1 is 0.906 bits per heavy atom. The summed E-state index contributed by atoms with van der Waals surface area (Å²) in [5, 5.41) is 3.76. The Labute approximate surface area is 196 Å². The zero-order valence-electron chi connectivity index (χ0n) is 19.7. The molecule has 0 saturated carbocycles. The van der Waals surface area contributed by atoms with Gasteiger partial charge in [0.1, 0.15) is 5.75 Å². The molecule has 174 valence electrons.